The van der Waals surface area contributed by atoms with Crippen molar-refractivity contribution in [1.29, 1.82) is 0 Å². The molecule has 0 spiro atoms. The quantitative estimate of drug-likeness (QED) is 0.629. The van der Waals surface area contributed by atoms with Crippen molar-refractivity contribution >= 4 is 12.1 Å². The van der Waals surface area contributed by atoms with E-state index in [-0.39, 0.29) is 17.9 Å². The first-order valence-electron chi connectivity index (χ1n) is 6.63. The molecule has 0 aliphatic carbocycles. The van der Waals surface area contributed by atoms with Gasteiger partial charge in [-0.2, -0.15) is 0 Å². The molecule has 122 valence electrons. The second-order valence-electron chi connectivity index (χ2n) is 5.65. The van der Waals surface area contributed by atoms with E-state index < -0.39 is 29.9 Å². The van der Waals surface area contributed by atoms with E-state index in [9.17, 15) is 19.8 Å². The Morgan fingerprint density at radius 3 is 2.50 bits per heavy atom. The van der Waals surface area contributed by atoms with Gasteiger partial charge in [-0.3, -0.25) is 0 Å². The number of pyridine rings is 1. The number of carboxylic acid groups (broad SMARTS) is 1. The van der Waals surface area contributed by atoms with E-state index in [0.29, 0.717) is 0 Å². The van der Waals surface area contributed by atoms with Crippen LogP contribution in [0.3, 0.4) is 0 Å². The number of rotatable bonds is 5. The third-order valence-electron chi connectivity index (χ3n) is 2.51. The molecule has 0 radical (unpaired) electrons. The number of ether oxygens (including phenoxy) is 1. The molecule has 2 atom stereocenters. The number of carbonyl (C=O) groups is 2. The Balaban J connectivity index is 2.62. The van der Waals surface area contributed by atoms with Gasteiger partial charge >= 0.3 is 12.1 Å². The summed E-state index contributed by atoms with van der Waals surface area (Å²) < 4.78 is 4.99. The number of amides is 1. The third kappa shape index (κ3) is 5.66. The Kier molecular flexibility index (Phi) is 5.84. The minimum Gasteiger partial charge on any atom is -0.477 e. The van der Waals surface area contributed by atoms with Crippen molar-refractivity contribution in [2.24, 2.45) is 0 Å². The van der Waals surface area contributed by atoms with Gasteiger partial charge in [0.1, 0.15) is 23.5 Å². The number of carboxylic acids is 1. The van der Waals surface area contributed by atoms with Crippen LogP contribution in [0.25, 0.3) is 0 Å². The second-order valence-corrected chi connectivity index (χ2v) is 5.65. The average Bonchev–Trinajstić information content (AvgIpc) is 2.42. The van der Waals surface area contributed by atoms with Crippen molar-refractivity contribution in [1.82, 2.24) is 10.3 Å². The maximum absolute atomic E-state index is 11.4. The van der Waals surface area contributed by atoms with E-state index in [0.717, 1.165) is 0 Å². The van der Waals surface area contributed by atoms with Gasteiger partial charge in [0.2, 0.25) is 0 Å². The molecule has 22 heavy (non-hydrogen) atoms. The summed E-state index contributed by atoms with van der Waals surface area (Å²) in [6, 6.07) is 4.06. The van der Waals surface area contributed by atoms with Crippen molar-refractivity contribution in [3.8, 4) is 0 Å². The molecule has 1 amide bonds. The molecular weight excluding hydrogens is 292 g/mol. The van der Waals surface area contributed by atoms with Crippen LogP contribution in [0.15, 0.2) is 18.2 Å². The fourth-order valence-electron chi connectivity index (χ4n) is 1.55. The molecule has 8 nitrogen and oxygen atoms in total. The maximum atomic E-state index is 11.4. The topological polar surface area (TPSA) is 129 Å². The number of aliphatic hydroxyl groups is 2. The number of aromatic nitrogens is 1. The van der Waals surface area contributed by atoms with Gasteiger partial charge in [0.05, 0.1) is 5.69 Å². The lowest BCUT2D eigenvalue weighted by molar-refractivity contribution is 0.0107. The van der Waals surface area contributed by atoms with E-state index in [2.05, 4.69) is 10.3 Å². The zero-order valence-electron chi connectivity index (χ0n) is 12.6. The highest BCUT2D eigenvalue weighted by atomic mass is 16.6. The number of aliphatic hydroxyl groups excluding tert-OH is 2. The molecule has 0 saturated carbocycles. The molecule has 1 aromatic heterocycles. The van der Waals surface area contributed by atoms with Gasteiger partial charge in [-0.1, -0.05) is 6.07 Å². The summed E-state index contributed by atoms with van der Waals surface area (Å²) in [6.45, 7) is 4.81. The lowest BCUT2D eigenvalue weighted by Crippen LogP contribution is -2.39. The molecule has 0 saturated heterocycles. The summed E-state index contributed by atoms with van der Waals surface area (Å²) in [7, 11) is 0. The summed E-state index contributed by atoms with van der Waals surface area (Å²) in [5.41, 5.74) is -0.923. The van der Waals surface area contributed by atoms with Crippen molar-refractivity contribution in [3.05, 3.63) is 29.6 Å². The number of hydrogen-bond acceptors (Lipinski definition) is 6. The fourth-order valence-corrected chi connectivity index (χ4v) is 1.55. The van der Waals surface area contributed by atoms with Crippen LogP contribution >= 0.6 is 0 Å². The molecule has 1 rings (SSSR count). The van der Waals surface area contributed by atoms with Gasteiger partial charge in [-0.05, 0) is 32.9 Å². The Bertz CT molecular complexity index is 540. The molecule has 0 bridgehead atoms. The molecule has 2 unspecified atom stereocenters. The Hall–Kier alpha value is -2.19. The minimum atomic E-state index is -1.44. The third-order valence-corrected chi connectivity index (χ3v) is 2.51. The highest BCUT2D eigenvalue weighted by Crippen LogP contribution is 2.15. The first-order valence-corrected chi connectivity index (χ1v) is 6.63. The fraction of sp³-hybridized carbons (Fsp3) is 0.500. The van der Waals surface area contributed by atoms with E-state index in [1.165, 1.54) is 18.2 Å². The smallest absolute Gasteiger partial charge is 0.407 e. The zero-order chi connectivity index (χ0) is 16.9. The summed E-state index contributed by atoms with van der Waals surface area (Å²) in [6.07, 6.45) is -3.52. The van der Waals surface area contributed by atoms with Crippen LogP contribution < -0.4 is 5.32 Å². The minimum absolute atomic E-state index is 0.00149. The molecular formula is C14H20N2O6. The van der Waals surface area contributed by atoms with E-state index in [1.54, 1.807) is 20.8 Å². The Morgan fingerprint density at radius 2 is 1.95 bits per heavy atom. The van der Waals surface area contributed by atoms with Crippen LogP contribution in [-0.4, -0.2) is 50.6 Å². The van der Waals surface area contributed by atoms with Crippen LogP contribution in [0, 0.1) is 0 Å². The predicted molar refractivity (Wildman–Crippen MR) is 76.4 cm³/mol. The van der Waals surface area contributed by atoms with Crippen LogP contribution in [0.5, 0.6) is 0 Å². The largest absolute Gasteiger partial charge is 0.477 e. The van der Waals surface area contributed by atoms with Crippen molar-refractivity contribution in [2.75, 3.05) is 6.54 Å². The van der Waals surface area contributed by atoms with E-state index >= 15 is 0 Å². The van der Waals surface area contributed by atoms with Gasteiger partial charge in [-0.25, -0.2) is 14.6 Å². The molecule has 4 N–H and O–H groups in total. The average molecular weight is 312 g/mol. The number of nitrogens with zero attached hydrogens (tertiary/aromatic N) is 1. The SMILES string of the molecule is CC(C)(C)OC(=O)NCC(O)C(O)c1cccc(C(=O)O)n1. The molecule has 1 aromatic rings. The molecule has 1 heterocycles. The standard InChI is InChI=1S/C14H20N2O6/c1-14(2,3)22-13(21)15-7-10(17)11(18)8-5-4-6-9(16-8)12(19)20/h4-6,10-11,17-18H,7H2,1-3H3,(H,15,21)(H,19,20). The number of hydrogen-bond donors (Lipinski definition) is 4. The van der Waals surface area contributed by atoms with Gasteiger partial charge in [0.25, 0.3) is 0 Å². The molecule has 0 fully saturated rings. The zero-order valence-corrected chi connectivity index (χ0v) is 12.6. The number of alkyl carbamates (subject to hydrolysis) is 1. The molecule has 0 aliphatic rings. The second kappa shape index (κ2) is 7.19. The van der Waals surface area contributed by atoms with Crippen LogP contribution in [0.2, 0.25) is 0 Å². The lowest BCUT2D eigenvalue weighted by atomic mass is 10.1. The maximum Gasteiger partial charge on any atom is 0.407 e. The van der Waals surface area contributed by atoms with E-state index in [1.807, 2.05) is 0 Å². The van der Waals surface area contributed by atoms with Crippen LogP contribution in [0.4, 0.5) is 4.79 Å². The van der Waals surface area contributed by atoms with E-state index in [4.69, 9.17) is 9.84 Å². The van der Waals surface area contributed by atoms with Gasteiger partial charge < -0.3 is 25.4 Å². The first kappa shape index (κ1) is 17.9. The molecule has 0 aliphatic heterocycles. The highest BCUT2D eigenvalue weighted by molar-refractivity contribution is 5.85. The number of aromatic carboxylic acids is 1. The lowest BCUT2D eigenvalue weighted by Gasteiger charge is -2.22. The summed E-state index contributed by atoms with van der Waals surface area (Å²) in [5.74, 6) is -1.24. The Labute approximate surface area is 127 Å². The molecule has 0 aromatic carbocycles. The first-order chi connectivity index (χ1) is 10.1. The van der Waals surface area contributed by atoms with Gasteiger partial charge in [0.15, 0.2) is 0 Å². The summed E-state index contributed by atoms with van der Waals surface area (Å²) in [4.78, 5) is 26.0. The normalized spacial score (nSPS) is 14.0. The highest BCUT2D eigenvalue weighted by Gasteiger charge is 2.23. The summed E-state index contributed by atoms with van der Waals surface area (Å²) in [5, 5.41) is 30.9. The van der Waals surface area contributed by atoms with Crippen LogP contribution in [-0.2, 0) is 4.74 Å². The van der Waals surface area contributed by atoms with Crippen molar-refractivity contribution in [2.45, 2.75) is 38.6 Å². The van der Waals surface area contributed by atoms with Gasteiger partial charge in [-0.15, -0.1) is 0 Å². The number of nitrogens with one attached hydrogen (secondary N) is 1. The monoisotopic (exact) mass is 312 g/mol. The number of carbonyl (C=O) groups excluding carboxylic acids is 1. The predicted octanol–water partition coefficient (Wildman–Crippen LogP) is 0.699. The summed E-state index contributed by atoms with van der Waals surface area (Å²) >= 11 is 0. The Morgan fingerprint density at radius 1 is 1.32 bits per heavy atom. The van der Waals surface area contributed by atoms with Crippen molar-refractivity contribution in [3.63, 3.8) is 0 Å². The molecule has 8 heteroatoms. The van der Waals surface area contributed by atoms with Crippen LogP contribution in [0.1, 0.15) is 43.1 Å². The van der Waals surface area contributed by atoms with Crippen molar-refractivity contribution < 1.29 is 29.6 Å². The van der Waals surface area contributed by atoms with Gasteiger partial charge in [0, 0.05) is 6.54 Å².